The minimum atomic E-state index is -3.46. The van der Waals surface area contributed by atoms with E-state index in [0.29, 0.717) is 11.3 Å². The molecular formula is C13H19N3O3S. The predicted molar refractivity (Wildman–Crippen MR) is 77.2 cm³/mol. The van der Waals surface area contributed by atoms with Crippen LogP contribution in [0, 0.1) is 6.92 Å². The number of benzene rings is 1. The van der Waals surface area contributed by atoms with Crippen LogP contribution in [0.5, 0.6) is 0 Å². The fourth-order valence-corrected chi connectivity index (χ4v) is 2.89. The number of hydrogen-bond acceptors (Lipinski definition) is 3. The Morgan fingerprint density at radius 1 is 1.30 bits per heavy atom. The second-order valence-electron chi connectivity index (χ2n) is 5.14. The molecular weight excluding hydrogens is 278 g/mol. The van der Waals surface area contributed by atoms with Crippen LogP contribution in [0.15, 0.2) is 23.1 Å². The molecule has 0 bridgehead atoms. The first-order chi connectivity index (χ1) is 9.30. The molecule has 2 rings (SSSR count). The lowest BCUT2D eigenvalue weighted by Crippen LogP contribution is -2.30. The van der Waals surface area contributed by atoms with Crippen LogP contribution in [0.25, 0.3) is 0 Å². The average Bonchev–Trinajstić information content (AvgIpc) is 3.12. The molecule has 0 radical (unpaired) electrons. The molecule has 0 unspecified atom stereocenters. The van der Waals surface area contributed by atoms with Gasteiger partial charge in [-0.15, -0.1) is 0 Å². The third-order valence-corrected chi connectivity index (χ3v) is 5.08. The molecule has 1 aliphatic rings. The summed E-state index contributed by atoms with van der Waals surface area (Å²) >= 11 is 0. The highest BCUT2D eigenvalue weighted by atomic mass is 32.2. The Morgan fingerprint density at radius 2 is 1.95 bits per heavy atom. The monoisotopic (exact) mass is 297 g/mol. The van der Waals surface area contributed by atoms with Gasteiger partial charge in [-0.25, -0.2) is 17.5 Å². The van der Waals surface area contributed by atoms with E-state index in [1.807, 2.05) is 0 Å². The van der Waals surface area contributed by atoms with Crippen molar-refractivity contribution in [3.05, 3.63) is 23.8 Å². The van der Waals surface area contributed by atoms with Gasteiger partial charge in [-0.3, -0.25) is 0 Å². The summed E-state index contributed by atoms with van der Waals surface area (Å²) in [6.07, 6.45) is 2.04. The number of carbonyl (C=O) groups excluding carboxylic acids is 1. The number of amides is 2. The van der Waals surface area contributed by atoms with Crippen LogP contribution in [0.4, 0.5) is 10.5 Å². The second kappa shape index (κ2) is 5.41. The fourth-order valence-electron chi connectivity index (χ4n) is 1.79. The van der Waals surface area contributed by atoms with Crippen LogP contribution < -0.4 is 10.6 Å². The minimum Gasteiger partial charge on any atom is -0.335 e. The van der Waals surface area contributed by atoms with E-state index in [-0.39, 0.29) is 17.0 Å². The zero-order chi connectivity index (χ0) is 14.9. The van der Waals surface area contributed by atoms with Crippen molar-refractivity contribution in [2.45, 2.75) is 30.7 Å². The Kier molecular flexibility index (Phi) is 4.01. The lowest BCUT2D eigenvalue weighted by atomic mass is 10.2. The topological polar surface area (TPSA) is 78.5 Å². The summed E-state index contributed by atoms with van der Waals surface area (Å²) in [5.74, 6) is 0. The largest absolute Gasteiger partial charge is 0.335 e. The van der Waals surface area contributed by atoms with Crippen LogP contribution in [-0.2, 0) is 10.0 Å². The molecule has 0 spiro atoms. The van der Waals surface area contributed by atoms with E-state index in [0.717, 1.165) is 12.8 Å². The van der Waals surface area contributed by atoms with Gasteiger partial charge >= 0.3 is 6.03 Å². The Hall–Kier alpha value is -1.60. The summed E-state index contributed by atoms with van der Waals surface area (Å²) in [6.45, 7) is 1.71. The number of rotatable bonds is 4. The average molecular weight is 297 g/mol. The first-order valence-electron chi connectivity index (χ1n) is 6.41. The van der Waals surface area contributed by atoms with Gasteiger partial charge in [0.15, 0.2) is 0 Å². The van der Waals surface area contributed by atoms with Crippen molar-refractivity contribution >= 4 is 21.7 Å². The zero-order valence-electron chi connectivity index (χ0n) is 11.8. The molecule has 1 aromatic rings. The molecule has 1 aliphatic carbocycles. The van der Waals surface area contributed by atoms with Crippen LogP contribution in [0.3, 0.4) is 0 Å². The van der Waals surface area contributed by atoms with E-state index in [4.69, 9.17) is 0 Å². The minimum absolute atomic E-state index is 0.246. The standard InChI is InChI=1S/C13H19N3O3S/c1-9-8-11(15-13(17)14-10-4-5-10)6-7-12(9)20(18,19)16(2)3/h6-8,10H,4-5H2,1-3H3,(H2,14,15,17). The highest BCUT2D eigenvalue weighted by Crippen LogP contribution is 2.22. The van der Waals surface area contributed by atoms with Crippen molar-refractivity contribution in [1.29, 1.82) is 0 Å². The van der Waals surface area contributed by atoms with Crippen LogP contribution in [-0.4, -0.2) is 38.9 Å². The summed E-state index contributed by atoms with van der Waals surface area (Å²) in [7, 11) is -0.477. The van der Waals surface area contributed by atoms with Crippen molar-refractivity contribution in [2.75, 3.05) is 19.4 Å². The number of carbonyl (C=O) groups is 1. The van der Waals surface area contributed by atoms with Gasteiger partial charge in [0.2, 0.25) is 10.0 Å². The fraction of sp³-hybridized carbons (Fsp3) is 0.462. The summed E-state index contributed by atoms with van der Waals surface area (Å²) < 4.78 is 25.3. The van der Waals surface area contributed by atoms with Crippen molar-refractivity contribution < 1.29 is 13.2 Å². The molecule has 7 heteroatoms. The maximum absolute atomic E-state index is 12.1. The van der Waals surface area contributed by atoms with E-state index in [1.165, 1.54) is 24.5 Å². The normalized spacial score (nSPS) is 15.2. The Bertz CT molecular complexity index is 622. The lowest BCUT2D eigenvalue weighted by Gasteiger charge is -2.14. The molecule has 110 valence electrons. The zero-order valence-corrected chi connectivity index (χ0v) is 12.6. The highest BCUT2D eigenvalue weighted by molar-refractivity contribution is 7.89. The Balaban J connectivity index is 2.15. The summed E-state index contributed by atoms with van der Waals surface area (Å²) in [4.78, 5) is 11.9. The number of urea groups is 1. The maximum Gasteiger partial charge on any atom is 0.319 e. The maximum atomic E-state index is 12.1. The molecule has 0 atom stereocenters. The van der Waals surface area contributed by atoms with Gasteiger partial charge in [-0.1, -0.05) is 0 Å². The van der Waals surface area contributed by atoms with Crippen molar-refractivity contribution in [1.82, 2.24) is 9.62 Å². The summed E-state index contributed by atoms with van der Waals surface area (Å²) in [5, 5.41) is 5.51. The Morgan fingerprint density at radius 3 is 2.45 bits per heavy atom. The number of hydrogen-bond donors (Lipinski definition) is 2. The lowest BCUT2D eigenvalue weighted by molar-refractivity contribution is 0.251. The predicted octanol–water partition coefficient (Wildman–Crippen LogP) is 1.53. The van der Waals surface area contributed by atoms with Crippen molar-refractivity contribution in [3.63, 3.8) is 0 Å². The van der Waals surface area contributed by atoms with Gasteiger partial charge < -0.3 is 10.6 Å². The van der Waals surface area contributed by atoms with E-state index < -0.39 is 10.0 Å². The molecule has 6 nitrogen and oxygen atoms in total. The number of aryl methyl sites for hydroxylation is 1. The van der Waals surface area contributed by atoms with Gasteiger partial charge in [0.05, 0.1) is 4.90 Å². The third-order valence-electron chi connectivity index (χ3n) is 3.10. The highest BCUT2D eigenvalue weighted by Gasteiger charge is 2.23. The smallest absolute Gasteiger partial charge is 0.319 e. The van der Waals surface area contributed by atoms with Crippen LogP contribution in [0.1, 0.15) is 18.4 Å². The van der Waals surface area contributed by atoms with E-state index >= 15 is 0 Å². The van der Waals surface area contributed by atoms with Crippen molar-refractivity contribution in [3.8, 4) is 0 Å². The molecule has 1 aromatic carbocycles. The van der Waals surface area contributed by atoms with E-state index in [1.54, 1.807) is 19.1 Å². The molecule has 2 amide bonds. The van der Waals surface area contributed by atoms with E-state index in [9.17, 15) is 13.2 Å². The van der Waals surface area contributed by atoms with Gasteiger partial charge in [0, 0.05) is 25.8 Å². The molecule has 1 saturated carbocycles. The number of sulfonamides is 1. The molecule has 1 fully saturated rings. The quantitative estimate of drug-likeness (QED) is 0.884. The Labute approximate surface area is 119 Å². The van der Waals surface area contributed by atoms with Crippen molar-refractivity contribution in [2.24, 2.45) is 0 Å². The van der Waals surface area contributed by atoms with Gasteiger partial charge in [0.25, 0.3) is 0 Å². The second-order valence-corrected chi connectivity index (χ2v) is 7.26. The summed E-state index contributed by atoms with van der Waals surface area (Å²) in [5.41, 5.74) is 1.18. The third kappa shape index (κ3) is 3.29. The molecule has 20 heavy (non-hydrogen) atoms. The SMILES string of the molecule is Cc1cc(NC(=O)NC2CC2)ccc1S(=O)(=O)N(C)C. The molecule has 0 saturated heterocycles. The van der Waals surface area contributed by atoms with Crippen LogP contribution >= 0.6 is 0 Å². The number of anilines is 1. The first kappa shape index (κ1) is 14.8. The van der Waals surface area contributed by atoms with E-state index in [2.05, 4.69) is 10.6 Å². The van der Waals surface area contributed by atoms with Gasteiger partial charge in [0.1, 0.15) is 0 Å². The number of nitrogens with one attached hydrogen (secondary N) is 2. The summed E-state index contributed by atoms with van der Waals surface area (Å²) in [6, 6.07) is 4.79. The van der Waals surface area contributed by atoms with Gasteiger partial charge in [-0.2, -0.15) is 0 Å². The number of nitrogens with zero attached hydrogens (tertiary/aromatic N) is 1. The van der Waals surface area contributed by atoms with Crippen LogP contribution in [0.2, 0.25) is 0 Å². The van der Waals surface area contributed by atoms with Gasteiger partial charge in [-0.05, 0) is 43.5 Å². The molecule has 0 aliphatic heterocycles. The molecule has 2 N–H and O–H groups in total. The molecule has 0 heterocycles. The molecule has 0 aromatic heterocycles. The first-order valence-corrected chi connectivity index (χ1v) is 7.85.